The third-order valence-electron chi connectivity index (χ3n) is 2.91. The van der Waals surface area contributed by atoms with E-state index in [0.717, 1.165) is 11.3 Å². The number of hydrogen-bond donors (Lipinski definition) is 1. The van der Waals surface area contributed by atoms with E-state index in [2.05, 4.69) is 10.5 Å². The lowest BCUT2D eigenvalue weighted by molar-refractivity contribution is 0.420. The Morgan fingerprint density at radius 1 is 1.39 bits per heavy atom. The van der Waals surface area contributed by atoms with Crippen molar-refractivity contribution in [2.75, 3.05) is 0 Å². The lowest BCUT2D eigenvalue weighted by Gasteiger charge is -1.97. The number of halogens is 2. The molecule has 0 atom stereocenters. The highest BCUT2D eigenvalue weighted by Gasteiger charge is 2.20. The highest BCUT2D eigenvalue weighted by atomic mass is 35.5. The number of hydrogen-bond acceptors (Lipinski definition) is 3. The van der Waals surface area contributed by atoms with Gasteiger partial charge in [-0.1, -0.05) is 16.8 Å². The van der Waals surface area contributed by atoms with E-state index < -0.39 is 5.82 Å². The standard InChI is InChI=1S/C13H12ClFN2O/c14-11-5-8(1-4-12(11)15)13-6-10(17-18-13)7-16-9-2-3-9/h1,4-6,9,16H,2-3,7H2. The fourth-order valence-electron chi connectivity index (χ4n) is 1.72. The van der Waals surface area contributed by atoms with Crippen LogP contribution in [0.1, 0.15) is 18.5 Å². The van der Waals surface area contributed by atoms with Crippen LogP contribution in [0.4, 0.5) is 4.39 Å². The molecule has 2 aromatic rings. The topological polar surface area (TPSA) is 38.1 Å². The lowest BCUT2D eigenvalue weighted by Crippen LogP contribution is -2.15. The zero-order valence-corrected chi connectivity index (χ0v) is 10.4. The average molecular weight is 267 g/mol. The van der Waals surface area contributed by atoms with Gasteiger partial charge in [-0.05, 0) is 31.0 Å². The molecule has 0 radical (unpaired) electrons. The van der Waals surface area contributed by atoms with E-state index in [-0.39, 0.29) is 5.02 Å². The minimum atomic E-state index is -0.435. The second-order valence-electron chi connectivity index (χ2n) is 4.47. The van der Waals surface area contributed by atoms with E-state index >= 15 is 0 Å². The van der Waals surface area contributed by atoms with Crippen LogP contribution >= 0.6 is 11.6 Å². The monoisotopic (exact) mass is 266 g/mol. The first kappa shape index (κ1) is 11.7. The molecule has 3 rings (SSSR count). The fourth-order valence-corrected chi connectivity index (χ4v) is 1.90. The molecule has 1 N–H and O–H groups in total. The molecule has 1 saturated carbocycles. The third-order valence-corrected chi connectivity index (χ3v) is 3.20. The summed E-state index contributed by atoms with van der Waals surface area (Å²) in [5, 5.41) is 7.40. The molecule has 0 spiro atoms. The molecular formula is C13H12ClFN2O. The van der Waals surface area contributed by atoms with E-state index in [4.69, 9.17) is 16.1 Å². The third kappa shape index (κ3) is 2.54. The second kappa shape index (κ2) is 4.71. The van der Waals surface area contributed by atoms with Gasteiger partial charge in [-0.2, -0.15) is 0 Å². The highest BCUT2D eigenvalue weighted by Crippen LogP contribution is 2.26. The van der Waals surface area contributed by atoms with E-state index in [9.17, 15) is 4.39 Å². The molecule has 1 fully saturated rings. The van der Waals surface area contributed by atoms with E-state index in [0.29, 0.717) is 18.3 Å². The summed E-state index contributed by atoms with van der Waals surface area (Å²) in [5.41, 5.74) is 1.57. The van der Waals surface area contributed by atoms with Gasteiger partial charge < -0.3 is 9.84 Å². The summed E-state index contributed by atoms with van der Waals surface area (Å²) in [6.07, 6.45) is 2.47. The first-order valence-electron chi connectivity index (χ1n) is 5.87. The van der Waals surface area contributed by atoms with Crippen molar-refractivity contribution in [2.24, 2.45) is 0 Å². The molecule has 94 valence electrons. The van der Waals surface area contributed by atoms with Crippen molar-refractivity contribution in [3.05, 3.63) is 40.8 Å². The molecule has 0 amide bonds. The maximum Gasteiger partial charge on any atom is 0.167 e. The van der Waals surface area contributed by atoms with Crippen LogP contribution < -0.4 is 5.32 Å². The summed E-state index contributed by atoms with van der Waals surface area (Å²) in [7, 11) is 0. The summed E-state index contributed by atoms with van der Waals surface area (Å²) < 4.78 is 18.3. The van der Waals surface area contributed by atoms with Gasteiger partial charge in [0.2, 0.25) is 0 Å². The normalized spacial score (nSPS) is 15.0. The van der Waals surface area contributed by atoms with Crippen molar-refractivity contribution in [3.8, 4) is 11.3 Å². The minimum absolute atomic E-state index is 0.0848. The molecule has 0 saturated heterocycles. The van der Waals surface area contributed by atoms with Gasteiger partial charge in [0.1, 0.15) is 5.82 Å². The average Bonchev–Trinajstić information content (AvgIpc) is 3.08. The zero-order valence-electron chi connectivity index (χ0n) is 9.62. The molecule has 18 heavy (non-hydrogen) atoms. The Morgan fingerprint density at radius 3 is 2.94 bits per heavy atom. The Kier molecular flexibility index (Phi) is 3.06. The molecule has 1 heterocycles. The van der Waals surface area contributed by atoms with Crippen LogP contribution in [0, 0.1) is 5.82 Å². The van der Waals surface area contributed by atoms with Crippen molar-refractivity contribution in [3.63, 3.8) is 0 Å². The SMILES string of the molecule is Fc1ccc(-c2cc(CNC3CC3)no2)cc1Cl. The van der Waals surface area contributed by atoms with Crippen molar-refractivity contribution in [2.45, 2.75) is 25.4 Å². The van der Waals surface area contributed by atoms with Gasteiger partial charge in [0.25, 0.3) is 0 Å². The Hall–Kier alpha value is -1.39. The number of nitrogens with zero attached hydrogens (tertiary/aromatic N) is 1. The molecular weight excluding hydrogens is 255 g/mol. The van der Waals surface area contributed by atoms with Crippen LogP contribution in [-0.4, -0.2) is 11.2 Å². The van der Waals surface area contributed by atoms with Crippen LogP contribution in [0.5, 0.6) is 0 Å². The predicted octanol–water partition coefficient (Wildman–Crippen LogP) is 3.39. The highest BCUT2D eigenvalue weighted by molar-refractivity contribution is 6.31. The number of benzene rings is 1. The summed E-state index contributed by atoms with van der Waals surface area (Å²) in [6, 6.07) is 6.96. The summed E-state index contributed by atoms with van der Waals surface area (Å²) in [4.78, 5) is 0. The Labute approximate surface area is 109 Å². The zero-order chi connectivity index (χ0) is 12.5. The molecule has 1 aliphatic rings. The van der Waals surface area contributed by atoms with Crippen molar-refractivity contribution < 1.29 is 8.91 Å². The minimum Gasteiger partial charge on any atom is -0.356 e. The Bertz CT molecular complexity index is 566. The maximum atomic E-state index is 13.0. The Morgan fingerprint density at radius 2 is 2.22 bits per heavy atom. The summed E-state index contributed by atoms with van der Waals surface area (Å²) in [5.74, 6) is 0.167. The quantitative estimate of drug-likeness (QED) is 0.922. The van der Waals surface area contributed by atoms with Gasteiger partial charge in [0.05, 0.1) is 10.7 Å². The molecule has 3 nitrogen and oxygen atoms in total. The number of nitrogens with one attached hydrogen (secondary N) is 1. The maximum absolute atomic E-state index is 13.0. The van der Waals surface area contributed by atoms with Crippen molar-refractivity contribution in [1.82, 2.24) is 10.5 Å². The molecule has 5 heteroatoms. The number of aromatic nitrogens is 1. The van der Waals surface area contributed by atoms with Crippen molar-refractivity contribution in [1.29, 1.82) is 0 Å². The number of rotatable bonds is 4. The molecule has 0 unspecified atom stereocenters. The van der Waals surface area contributed by atoms with Crippen molar-refractivity contribution >= 4 is 11.6 Å². The first-order chi connectivity index (χ1) is 8.72. The van der Waals surface area contributed by atoms with Gasteiger partial charge in [-0.3, -0.25) is 0 Å². The van der Waals surface area contributed by atoms with Gasteiger partial charge >= 0.3 is 0 Å². The van der Waals surface area contributed by atoms with Crippen LogP contribution in [0.2, 0.25) is 5.02 Å². The lowest BCUT2D eigenvalue weighted by atomic mass is 10.1. The van der Waals surface area contributed by atoms with Crippen LogP contribution in [0.15, 0.2) is 28.8 Å². The second-order valence-corrected chi connectivity index (χ2v) is 4.87. The molecule has 1 aliphatic carbocycles. The van der Waals surface area contributed by atoms with Gasteiger partial charge in [0, 0.05) is 24.2 Å². The smallest absolute Gasteiger partial charge is 0.167 e. The summed E-state index contributed by atoms with van der Waals surface area (Å²) in [6.45, 7) is 0.698. The van der Waals surface area contributed by atoms with Gasteiger partial charge in [0.15, 0.2) is 5.76 Å². The van der Waals surface area contributed by atoms with E-state index in [1.165, 1.54) is 25.0 Å². The fraction of sp³-hybridized carbons (Fsp3) is 0.308. The summed E-state index contributed by atoms with van der Waals surface area (Å²) >= 11 is 5.73. The molecule has 1 aromatic carbocycles. The first-order valence-corrected chi connectivity index (χ1v) is 6.24. The largest absolute Gasteiger partial charge is 0.356 e. The Balaban J connectivity index is 1.76. The molecule has 0 bridgehead atoms. The predicted molar refractivity (Wildman–Crippen MR) is 66.8 cm³/mol. The van der Waals surface area contributed by atoms with E-state index in [1.54, 1.807) is 6.07 Å². The van der Waals surface area contributed by atoms with Crippen LogP contribution in [-0.2, 0) is 6.54 Å². The van der Waals surface area contributed by atoms with Gasteiger partial charge in [-0.15, -0.1) is 0 Å². The molecule has 1 aromatic heterocycles. The van der Waals surface area contributed by atoms with Crippen LogP contribution in [0.25, 0.3) is 11.3 Å². The van der Waals surface area contributed by atoms with Crippen LogP contribution in [0.3, 0.4) is 0 Å². The molecule has 0 aliphatic heterocycles. The van der Waals surface area contributed by atoms with E-state index in [1.807, 2.05) is 6.07 Å². The van der Waals surface area contributed by atoms with Gasteiger partial charge in [-0.25, -0.2) is 4.39 Å².